The van der Waals surface area contributed by atoms with E-state index >= 15 is 0 Å². The Morgan fingerprint density at radius 2 is 2.00 bits per heavy atom. The highest BCUT2D eigenvalue weighted by atomic mass is 35.5. The summed E-state index contributed by atoms with van der Waals surface area (Å²) in [5.41, 5.74) is 3.04. The third-order valence-corrected chi connectivity index (χ3v) is 3.63. The molecule has 6 heteroatoms. The molecule has 0 radical (unpaired) electrons. The lowest BCUT2D eigenvalue weighted by molar-refractivity contribution is 0.871. The fourth-order valence-corrected chi connectivity index (χ4v) is 2.36. The molecule has 0 fully saturated rings. The van der Waals surface area contributed by atoms with Crippen LogP contribution in [0.25, 0.3) is 11.4 Å². The second-order valence-electron chi connectivity index (χ2n) is 4.83. The van der Waals surface area contributed by atoms with Gasteiger partial charge in [-0.2, -0.15) is 14.9 Å². The van der Waals surface area contributed by atoms with Crippen LogP contribution in [0, 0.1) is 11.7 Å². The Labute approximate surface area is 138 Å². The Bertz CT molecular complexity index is 878. The number of H-pyrrole nitrogens is 1. The molecular formula is C16H13ClN4S. The highest BCUT2D eigenvalue weighted by molar-refractivity contribution is 7.71. The summed E-state index contributed by atoms with van der Waals surface area (Å²) in [5, 5.41) is 12.0. The smallest absolute Gasteiger partial charge is 0.216 e. The van der Waals surface area contributed by atoms with Crippen molar-refractivity contribution >= 4 is 30.0 Å². The number of aromatic nitrogens is 3. The summed E-state index contributed by atoms with van der Waals surface area (Å²) >= 11 is 11.3. The summed E-state index contributed by atoms with van der Waals surface area (Å²) in [5.74, 6) is 0.621. The van der Waals surface area contributed by atoms with Crippen molar-refractivity contribution in [3.05, 3.63) is 69.5 Å². The molecular weight excluding hydrogens is 316 g/mol. The van der Waals surface area contributed by atoms with E-state index in [0.717, 1.165) is 11.1 Å². The van der Waals surface area contributed by atoms with Gasteiger partial charge in [0.05, 0.1) is 6.21 Å². The molecule has 110 valence electrons. The van der Waals surface area contributed by atoms with Gasteiger partial charge in [0, 0.05) is 10.6 Å². The average Bonchev–Trinajstić information content (AvgIpc) is 2.88. The van der Waals surface area contributed by atoms with Gasteiger partial charge in [0.25, 0.3) is 0 Å². The Morgan fingerprint density at radius 3 is 2.73 bits per heavy atom. The molecule has 1 N–H and O–H groups in total. The van der Waals surface area contributed by atoms with E-state index in [-0.39, 0.29) is 0 Å². The lowest BCUT2D eigenvalue weighted by Gasteiger charge is -2.01. The summed E-state index contributed by atoms with van der Waals surface area (Å²) in [7, 11) is 0. The van der Waals surface area contributed by atoms with E-state index in [4.69, 9.17) is 23.8 Å². The molecule has 3 rings (SSSR count). The average molecular weight is 329 g/mol. The van der Waals surface area contributed by atoms with Crippen LogP contribution < -0.4 is 0 Å². The number of nitrogens with one attached hydrogen (secondary N) is 1. The van der Waals surface area contributed by atoms with Crippen LogP contribution in [0.15, 0.2) is 53.6 Å². The summed E-state index contributed by atoms with van der Waals surface area (Å²) in [6, 6.07) is 15.5. The van der Waals surface area contributed by atoms with E-state index in [1.165, 1.54) is 5.56 Å². The molecule has 0 spiro atoms. The second-order valence-corrected chi connectivity index (χ2v) is 5.65. The number of nitrogens with zero attached hydrogens (tertiary/aromatic N) is 3. The number of aryl methyl sites for hydroxylation is 1. The van der Waals surface area contributed by atoms with Gasteiger partial charge in [0.1, 0.15) is 0 Å². The van der Waals surface area contributed by atoms with Crippen molar-refractivity contribution in [1.29, 1.82) is 0 Å². The van der Waals surface area contributed by atoms with Crippen LogP contribution in [-0.4, -0.2) is 21.1 Å². The first kappa shape index (κ1) is 14.7. The molecule has 0 atom stereocenters. The lowest BCUT2D eigenvalue weighted by Crippen LogP contribution is -1.95. The zero-order valence-electron chi connectivity index (χ0n) is 11.8. The van der Waals surface area contributed by atoms with Crippen LogP contribution in [0.2, 0.25) is 5.02 Å². The van der Waals surface area contributed by atoms with Gasteiger partial charge < -0.3 is 0 Å². The van der Waals surface area contributed by atoms with Gasteiger partial charge in [-0.25, -0.2) is 5.10 Å². The number of benzene rings is 2. The molecule has 0 aliphatic heterocycles. The van der Waals surface area contributed by atoms with Crippen LogP contribution in [-0.2, 0) is 0 Å². The zero-order chi connectivity index (χ0) is 15.5. The number of rotatable bonds is 3. The van der Waals surface area contributed by atoms with Crippen LogP contribution in [0.5, 0.6) is 0 Å². The van der Waals surface area contributed by atoms with E-state index in [9.17, 15) is 0 Å². The minimum Gasteiger partial charge on any atom is -0.250 e. The van der Waals surface area contributed by atoms with E-state index in [0.29, 0.717) is 15.6 Å². The molecule has 0 unspecified atom stereocenters. The molecule has 0 saturated carbocycles. The van der Waals surface area contributed by atoms with Gasteiger partial charge in [-0.3, -0.25) is 0 Å². The highest BCUT2D eigenvalue weighted by Crippen LogP contribution is 2.21. The van der Waals surface area contributed by atoms with Crippen molar-refractivity contribution in [2.45, 2.75) is 6.92 Å². The van der Waals surface area contributed by atoms with Crippen LogP contribution in [0.1, 0.15) is 11.1 Å². The summed E-state index contributed by atoms with van der Waals surface area (Å²) in [4.78, 5) is 0. The second kappa shape index (κ2) is 6.25. The zero-order valence-corrected chi connectivity index (χ0v) is 13.4. The number of hydrogen-bond donors (Lipinski definition) is 1. The summed E-state index contributed by atoms with van der Waals surface area (Å²) in [6.07, 6.45) is 1.75. The predicted octanol–water partition coefficient (Wildman–Crippen LogP) is 4.45. The normalized spacial score (nSPS) is 11.2. The maximum absolute atomic E-state index is 6.03. The minimum atomic E-state index is 0.429. The molecule has 0 aliphatic carbocycles. The minimum absolute atomic E-state index is 0.429. The standard InChI is InChI=1S/C16H13ClN4S/c1-11-5-7-12(8-6-11)10-18-21-15(19-20-16(21)22)13-3-2-4-14(17)9-13/h2-10H,1H3,(H,20,22)/b18-10-. The fourth-order valence-electron chi connectivity index (χ4n) is 1.99. The van der Waals surface area contributed by atoms with Crippen molar-refractivity contribution in [3.8, 4) is 11.4 Å². The van der Waals surface area contributed by atoms with Crippen LogP contribution in [0.3, 0.4) is 0 Å². The molecule has 0 bridgehead atoms. The molecule has 2 aromatic carbocycles. The van der Waals surface area contributed by atoms with Gasteiger partial charge in [0.2, 0.25) is 4.77 Å². The molecule has 1 aromatic heterocycles. The van der Waals surface area contributed by atoms with E-state index < -0.39 is 0 Å². The fraction of sp³-hybridized carbons (Fsp3) is 0.0625. The van der Waals surface area contributed by atoms with Crippen LogP contribution in [0.4, 0.5) is 0 Å². The largest absolute Gasteiger partial charge is 0.250 e. The first-order valence-electron chi connectivity index (χ1n) is 6.68. The summed E-state index contributed by atoms with van der Waals surface area (Å²) in [6.45, 7) is 2.05. The molecule has 3 aromatic rings. The first-order chi connectivity index (χ1) is 10.6. The van der Waals surface area contributed by atoms with E-state index in [1.54, 1.807) is 10.9 Å². The number of hydrogen-bond acceptors (Lipinski definition) is 3. The molecule has 0 saturated heterocycles. The van der Waals surface area contributed by atoms with Crippen molar-refractivity contribution < 1.29 is 0 Å². The quantitative estimate of drug-likeness (QED) is 0.570. The lowest BCUT2D eigenvalue weighted by atomic mass is 10.2. The van der Waals surface area contributed by atoms with E-state index in [1.807, 2.05) is 55.5 Å². The van der Waals surface area contributed by atoms with Gasteiger partial charge >= 0.3 is 0 Å². The Hall–Kier alpha value is -2.24. The SMILES string of the molecule is Cc1ccc(/C=N\n2c(-c3cccc(Cl)c3)n[nH]c2=S)cc1. The third-order valence-electron chi connectivity index (χ3n) is 3.13. The molecule has 0 amide bonds. The number of aromatic amines is 1. The Balaban J connectivity index is 1.99. The molecule has 22 heavy (non-hydrogen) atoms. The predicted molar refractivity (Wildman–Crippen MR) is 92.0 cm³/mol. The van der Waals surface area contributed by atoms with Crippen molar-refractivity contribution in [2.75, 3.05) is 0 Å². The monoisotopic (exact) mass is 328 g/mol. The van der Waals surface area contributed by atoms with Gasteiger partial charge in [-0.1, -0.05) is 53.6 Å². The van der Waals surface area contributed by atoms with E-state index in [2.05, 4.69) is 15.3 Å². The topological polar surface area (TPSA) is 46.0 Å². The summed E-state index contributed by atoms with van der Waals surface area (Å²) < 4.78 is 2.01. The third kappa shape index (κ3) is 3.16. The maximum Gasteiger partial charge on any atom is 0.216 e. The first-order valence-corrected chi connectivity index (χ1v) is 7.46. The number of halogens is 1. The highest BCUT2D eigenvalue weighted by Gasteiger charge is 2.08. The van der Waals surface area contributed by atoms with Crippen molar-refractivity contribution in [1.82, 2.24) is 14.9 Å². The molecule has 0 aliphatic rings. The molecule has 4 nitrogen and oxygen atoms in total. The molecule has 1 heterocycles. The maximum atomic E-state index is 6.03. The van der Waals surface area contributed by atoms with Gasteiger partial charge in [-0.15, -0.1) is 0 Å². The van der Waals surface area contributed by atoms with Crippen molar-refractivity contribution in [3.63, 3.8) is 0 Å². The van der Waals surface area contributed by atoms with Crippen molar-refractivity contribution in [2.24, 2.45) is 5.10 Å². The Kier molecular flexibility index (Phi) is 4.18. The van der Waals surface area contributed by atoms with Gasteiger partial charge in [-0.05, 0) is 36.8 Å². The Morgan fingerprint density at radius 1 is 1.23 bits per heavy atom. The van der Waals surface area contributed by atoms with Crippen LogP contribution >= 0.6 is 23.8 Å². The van der Waals surface area contributed by atoms with Gasteiger partial charge in [0.15, 0.2) is 5.82 Å².